The summed E-state index contributed by atoms with van der Waals surface area (Å²) in [6.45, 7) is 4.69. The number of rotatable bonds is 4. The van der Waals surface area contributed by atoms with Crippen molar-refractivity contribution in [3.8, 4) is 0 Å². The van der Waals surface area contributed by atoms with Crippen LogP contribution < -0.4 is 10.6 Å². The molecule has 1 saturated carbocycles. The minimum absolute atomic E-state index is 0.111. The van der Waals surface area contributed by atoms with Gasteiger partial charge in [0.15, 0.2) is 5.11 Å². The highest BCUT2D eigenvalue weighted by Gasteiger charge is 2.35. The molecule has 25 heavy (non-hydrogen) atoms. The Balaban J connectivity index is 1.67. The van der Waals surface area contributed by atoms with Gasteiger partial charge < -0.3 is 10.6 Å². The van der Waals surface area contributed by atoms with E-state index in [1.54, 1.807) is 0 Å². The molecule has 2 aromatic rings. The maximum Gasteiger partial charge on any atom is 0.229 e. The van der Waals surface area contributed by atoms with E-state index >= 15 is 0 Å². The van der Waals surface area contributed by atoms with Crippen molar-refractivity contribution in [2.45, 2.75) is 44.9 Å². The molecule has 6 heteroatoms. The molecule has 1 aliphatic carbocycles. The number of nitrogens with zero attached hydrogens (tertiary/aromatic N) is 2. The van der Waals surface area contributed by atoms with E-state index in [0.717, 1.165) is 35.8 Å². The number of aromatic nitrogens is 2. The third kappa shape index (κ3) is 4.47. The molecule has 0 bridgehead atoms. The minimum atomic E-state index is 0.111. The van der Waals surface area contributed by atoms with Crippen molar-refractivity contribution in [3.63, 3.8) is 0 Å². The van der Waals surface area contributed by atoms with Gasteiger partial charge in [-0.25, -0.2) is 9.97 Å². The molecule has 1 fully saturated rings. The van der Waals surface area contributed by atoms with Gasteiger partial charge in [-0.2, -0.15) is 0 Å². The van der Waals surface area contributed by atoms with Gasteiger partial charge in [-0.05, 0) is 62.7 Å². The van der Waals surface area contributed by atoms with Crippen molar-refractivity contribution >= 4 is 34.9 Å². The molecule has 0 atom stereocenters. The van der Waals surface area contributed by atoms with Gasteiger partial charge in [0, 0.05) is 28.4 Å². The van der Waals surface area contributed by atoms with Crippen LogP contribution in [0.4, 0.5) is 5.95 Å². The third-order valence-corrected chi connectivity index (χ3v) is 5.31. The predicted molar refractivity (Wildman–Crippen MR) is 107 cm³/mol. The average Bonchev–Trinajstić information content (AvgIpc) is 3.03. The molecule has 1 heterocycles. The van der Waals surface area contributed by atoms with E-state index in [1.807, 2.05) is 32.0 Å². The molecule has 4 nitrogen and oxygen atoms in total. The first-order chi connectivity index (χ1) is 12.0. The summed E-state index contributed by atoms with van der Waals surface area (Å²) in [6.07, 6.45) is 4.80. The lowest BCUT2D eigenvalue weighted by molar-refractivity contribution is 0.435. The maximum atomic E-state index is 6.05. The summed E-state index contributed by atoms with van der Waals surface area (Å²) in [5, 5.41) is 7.81. The van der Waals surface area contributed by atoms with Crippen LogP contribution in [-0.4, -0.2) is 21.6 Å². The van der Waals surface area contributed by atoms with Crippen LogP contribution in [0.5, 0.6) is 0 Å². The molecule has 2 N–H and O–H groups in total. The maximum absolute atomic E-state index is 6.05. The lowest BCUT2D eigenvalue weighted by Gasteiger charge is -2.30. The normalized spacial score (nSPS) is 15.8. The lowest BCUT2D eigenvalue weighted by Crippen LogP contribution is -2.41. The molecule has 1 aliphatic rings. The van der Waals surface area contributed by atoms with Crippen LogP contribution in [0.2, 0.25) is 5.02 Å². The molecule has 1 aromatic carbocycles. The summed E-state index contributed by atoms with van der Waals surface area (Å²) >= 11 is 11.5. The van der Waals surface area contributed by atoms with Gasteiger partial charge >= 0.3 is 0 Å². The van der Waals surface area contributed by atoms with E-state index in [2.05, 4.69) is 32.7 Å². The van der Waals surface area contributed by atoms with Gasteiger partial charge in [0.05, 0.1) is 0 Å². The van der Waals surface area contributed by atoms with E-state index in [4.69, 9.17) is 23.8 Å². The van der Waals surface area contributed by atoms with Crippen LogP contribution in [0, 0.1) is 13.8 Å². The first kappa shape index (κ1) is 18.1. The highest BCUT2D eigenvalue weighted by Crippen LogP contribution is 2.40. The van der Waals surface area contributed by atoms with Crippen molar-refractivity contribution < 1.29 is 0 Å². The van der Waals surface area contributed by atoms with Crippen LogP contribution >= 0.6 is 23.8 Å². The highest BCUT2D eigenvalue weighted by molar-refractivity contribution is 7.80. The van der Waals surface area contributed by atoms with Crippen molar-refractivity contribution in [2.75, 3.05) is 11.9 Å². The molecule has 132 valence electrons. The number of hydrogen-bond donors (Lipinski definition) is 2. The molecular formula is C19H23ClN4S. The number of aryl methyl sites for hydroxylation is 2. The summed E-state index contributed by atoms with van der Waals surface area (Å²) < 4.78 is 0. The molecule has 0 spiro atoms. The molecule has 0 radical (unpaired) electrons. The monoisotopic (exact) mass is 374 g/mol. The lowest BCUT2D eigenvalue weighted by atomic mass is 9.79. The van der Waals surface area contributed by atoms with Crippen LogP contribution in [0.15, 0.2) is 30.3 Å². The fourth-order valence-corrected chi connectivity index (χ4v) is 3.89. The van der Waals surface area contributed by atoms with Crippen LogP contribution in [0.1, 0.15) is 42.6 Å². The summed E-state index contributed by atoms with van der Waals surface area (Å²) in [6, 6.07) is 10.2. The Hall–Kier alpha value is -1.72. The zero-order chi connectivity index (χ0) is 17.9. The molecule has 3 rings (SSSR count). The summed E-state index contributed by atoms with van der Waals surface area (Å²) in [4.78, 5) is 8.75. The van der Waals surface area contributed by atoms with Crippen molar-refractivity contribution in [2.24, 2.45) is 0 Å². The standard InChI is InChI=1S/C19H23ClN4S/c1-13-11-14(2)23-17(22-13)24-18(25)21-12-19(9-3-4-10-19)15-5-7-16(20)8-6-15/h5-8,11H,3-4,9-10,12H2,1-2H3,(H2,21,22,23,24,25). The number of benzene rings is 1. The van der Waals surface area contributed by atoms with E-state index in [-0.39, 0.29) is 5.41 Å². The minimum Gasteiger partial charge on any atom is -0.361 e. The van der Waals surface area contributed by atoms with Crippen LogP contribution in [0.25, 0.3) is 0 Å². The molecule has 0 amide bonds. The topological polar surface area (TPSA) is 49.8 Å². The summed E-state index contributed by atoms with van der Waals surface area (Å²) in [5.41, 5.74) is 3.28. The third-order valence-electron chi connectivity index (χ3n) is 4.81. The SMILES string of the molecule is Cc1cc(C)nc(NC(=S)NCC2(c3ccc(Cl)cc3)CCCC2)n1. The second-order valence-electron chi connectivity index (χ2n) is 6.78. The molecule has 0 unspecified atom stereocenters. The van der Waals surface area contributed by atoms with Crippen molar-refractivity contribution in [1.29, 1.82) is 0 Å². The summed E-state index contributed by atoms with van der Waals surface area (Å²) in [5.74, 6) is 0.543. The Morgan fingerprint density at radius 3 is 2.32 bits per heavy atom. The second kappa shape index (κ2) is 7.67. The number of halogens is 1. The van der Waals surface area contributed by atoms with E-state index < -0.39 is 0 Å². The van der Waals surface area contributed by atoms with E-state index in [0.29, 0.717) is 11.1 Å². The fraction of sp³-hybridized carbons (Fsp3) is 0.421. The molecule has 0 aliphatic heterocycles. The van der Waals surface area contributed by atoms with Gasteiger partial charge in [0.25, 0.3) is 0 Å². The fourth-order valence-electron chi connectivity index (χ4n) is 3.60. The van der Waals surface area contributed by atoms with Gasteiger partial charge in [-0.1, -0.05) is 36.6 Å². The Labute approximate surface area is 159 Å². The van der Waals surface area contributed by atoms with Crippen LogP contribution in [0.3, 0.4) is 0 Å². The van der Waals surface area contributed by atoms with Crippen LogP contribution in [-0.2, 0) is 5.41 Å². The van der Waals surface area contributed by atoms with Crippen molar-refractivity contribution in [3.05, 3.63) is 52.3 Å². The van der Waals surface area contributed by atoms with Gasteiger partial charge in [-0.15, -0.1) is 0 Å². The predicted octanol–water partition coefficient (Wildman–Crippen LogP) is 4.55. The van der Waals surface area contributed by atoms with Gasteiger partial charge in [0.2, 0.25) is 5.95 Å². The Kier molecular flexibility index (Phi) is 5.54. The number of anilines is 1. The first-order valence-corrected chi connectivity index (χ1v) is 9.39. The molecular weight excluding hydrogens is 352 g/mol. The zero-order valence-corrected chi connectivity index (χ0v) is 16.2. The Morgan fingerprint density at radius 1 is 1.12 bits per heavy atom. The highest BCUT2D eigenvalue weighted by atomic mass is 35.5. The van der Waals surface area contributed by atoms with E-state index in [1.165, 1.54) is 18.4 Å². The largest absolute Gasteiger partial charge is 0.361 e. The number of nitrogens with one attached hydrogen (secondary N) is 2. The zero-order valence-electron chi connectivity index (χ0n) is 14.6. The second-order valence-corrected chi connectivity index (χ2v) is 7.62. The molecule has 1 aromatic heterocycles. The number of hydrogen-bond acceptors (Lipinski definition) is 3. The summed E-state index contributed by atoms with van der Waals surface area (Å²) in [7, 11) is 0. The van der Waals surface area contributed by atoms with Crippen molar-refractivity contribution in [1.82, 2.24) is 15.3 Å². The van der Waals surface area contributed by atoms with Gasteiger partial charge in [-0.3, -0.25) is 0 Å². The van der Waals surface area contributed by atoms with E-state index in [9.17, 15) is 0 Å². The van der Waals surface area contributed by atoms with Gasteiger partial charge in [0.1, 0.15) is 0 Å². The molecule has 0 saturated heterocycles. The Morgan fingerprint density at radius 2 is 1.72 bits per heavy atom. The smallest absolute Gasteiger partial charge is 0.229 e. The number of thiocarbonyl (C=S) groups is 1. The Bertz CT molecular complexity index is 734. The average molecular weight is 375 g/mol. The first-order valence-electron chi connectivity index (χ1n) is 8.60. The quantitative estimate of drug-likeness (QED) is 0.769.